The van der Waals surface area contributed by atoms with E-state index in [-0.39, 0.29) is 30.4 Å². The lowest BCUT2D eigenvalue weighted by Gasteiger charge is -2.06. The number of aryl methyl sites for hydroxylation is 1. The molecule has 0 aliphatic heterocycles. The highest BCUT2D eigenvalue weighted by Crippen LogP contribution is 2.26. The SMILES string of the molecule is Cc1ccccc1NC(=O)Cc1nc(COc2ccccc2[N+](=O)[O-])cs1. The van der Waals surface area contributed by atoms with Gasteiger partial charge in [0.15, 0.2) is 5.75 Å². The molecule has 3 aromatic rings. The average Bonchev–Trinajstić information content (AvgIpc) is 3.09. The number of rotatable bonds is 7. The second kappa shape index (κ2) is 8.41. The Morgan fingerprint density at radius 1 is 1.22 bits per heavy atom. The van der Waals surface area contributed by atoms with Crippen molar-refractivity contribution in [3.63, 3.8) is 0 Å². The number of thiazole rings is 1. The number of para-hydroxylation sites is 3. The van der Waals surface area contributed by atoms with E-state index in [1.165, 1.54) is 17.4 Å². The largest absolute Gasteiger partial charge is 0.480 e. The van der Waals surface area contributed by atoms with Crippen molar-refractivity contribution in [1.29, 1.82) is 0 Å². The van der Waals surface area contributed by atoms with Gasteiger partial charge in [-0.3, -0.25) is 14.9 Å². The number of ether oxygens (including phenoxy) is 1. The van der Waals surface area contributed by atoms with Crippen LogP contribution >= 0.6 is 11.3 Å². The predicted molar refractivity (Wildman–Crippen MR) is 103 cm³/mol. The van der Waals surface area contributed by atoms with Crippen LogP contribution in [0.1, 0.15) is 16.3 Å². The topological polar surface area (TPSA) is 94.4 Å². The van der Waals surface area contributed by atoms with E-state index in [1.807, 2.05) is 31.2 Å². The smallest absolute Gasteiger partial charge is 0.310 e. The number of carbonyl (C=O) groups is 1. The lowest BCUT2D eigenvalue weighted by Crippen LogP contribution is -2.15. The number of benzene rings is 2. The summed E-state index contributed by atoms with van der Waals surface area (Å²) < 4.78 is 5.52. The highest BCUT2D eigenvalue weighted by Gasteiger charge is 2.15. The van der Waals surface area contributed by atoms with Gasteiger partial charge in [-0.15, -0.1) is 11.3 Å². The quantitative estimate of drug-likeness (QED) is 0.489. The minimum Gasteiger partial charge on any atom is -0.480 e. The summed E-state index contributed by atoms with van der Waals surface area (Å²) in [4.78, 5) is 27.1. The fraction of sp³-hybridized carbons (Fsp3) is 0.158. The molecule has 2 aromatic carbocycles. The molecule has 0 spiro atoms. The summed E-state index contributed by atoms with van der Waals surface area (Å²) >= 11 is 1.35. The number of aromatic nitrogens is 1. The first-order valence-corrected chi connectivity index (χ1v) is 9.06. The molecule has 1 heterocycles. The van der Waals surface area contributed by atoms with Gasteiger partial charge < -0.3 is 10.1 Å². The molecule has 0 bridgehead atoms. The molecule has 7 nitrogen and oxygen atoms in total. The van der Waals surface area contributed by atoms with Crippen molar-refractivity contribution < 1.29 is 14.5 Å². The number of nitrogens with one attached hydrogen (secondary N) is 1. The summed E-state index contributed by atoms with van der Waals surface area (Å²) in [5, 5.41) is 16.3. The van der Waals surface area contributed by atoms with Crippen molar-refractivity contribution in [2.75, 3.05) is 5.32 Å². The third-order valence-corrected chi connectivity index (χ3v) is 4.67. The van der Waals surface area contributed by atoms with Crippen molar-refractivity contribution in [3.8, 4) is 5.75 Å². The van der Waals surface area contributed by atoms with Crippen molar-refractivity contribution in [2.24, 2.45) is 0 Å². The third kappa shape index (κ3) is 4.89. The monoisotopic (exact) mass is 383 g/mol. The van der Waals surface area contributed by atoms with Crippen LogP contribution in [0.2, 0.25) is 0 Å². The molecule has 1 N–H and O–H groups in total. The number of anilines is 1. The van der Waals surface area contributed by atoms with Crippen molar-refractivity contribution in [3.05, 3.63) is 80.3 Å². The van der Waals surface area contributed by atoms with Gasteiger partial charge in [0.1, 0.15) is 11.6 Å². The number of nitro groups is 1. The van der Waals surface area contributed by atoms with Crippen LogP contribution in [0.4, 0.5) is 11.4 Å². The molecule has 138 valence electrons. The summed E-state index contributed by atoms with van der Waals surface area (Å²) in [6.45, 7) is 2.03. The Kier molecular flexibility index (Phi) is 5.77. The van der Waals surface area contributed by atoms with E-state index in [4.69, 9.17) is 4.74 Å². The molecule has 27 heavy (non-hydrogen) atoms. The van der Waals surface area contributed by atoms with E-state index < -0.39 is 4.92 Å². The first-order valence-electron chi connectivity index (χ1n) is 8.18. The number of amides is 1. The lowest BCUT2D eigenvalue weighted by molar-refractivity contribution is -0.385. The van der Waals surface area contributed by atoms with Gasteiger partial charge in [-0.05, 0) is 24.6 Å². The van der Waals surface area contributed by atoms with E-state index >= 15 is 0 Å². The summed E-state index contributed by atoms with van der Waals surface area (Å²) in [6.07, 6.45) is 0.157. The lowest BCUT2D eigenvalue weighted by atomic mass is 10.2. The van der Waals surface area contributed by atoms with Gasteiger partial charge in [-0.2, -0.15) is 0 Å². The standard InChI is InChI=1S/C19H17N3O4S/c1-13-6-2-3-7-15(13)21-18(23)10-19-20-14(12-27-19)11-26-17-9-5-4-8-16(17)22(24)25/h2-9,12H,10-11H2,1H3,(H,21,23). The summed E-state index contributed by atoms with van der Waals surface area (Å²) in [5.41, 5.74) is 2.30. The van der Waals surface area contributed by atoms with Crippen molar-refractivity contribution in [2.45, 2.75) is 20.0 Å². The highest BCUT2D eigenvalue weighted by atomic mass is 32.1. The van der Waals surface area contributed by atoms with Gasteiger partial charge in [0.2, 0.25) is 5.91 Å². The van der Waals surface area contributed by atoms with Gasteiger partial charge >= 0.3 is 5.69 Å². The summed E-state index contributed by atoms with van der Waals surface area (Å²) in [6, 6.07) is 13.7. The Morgan fingerprint density at radius 3 is 2.74 bits per heavy atom. The molecule has 8 heteroatoms. The van der Waals surface area contributed by atoms with Gasteiger partial charge in [0.05, 0.1) is 17.0 Å². The third-order valence-electron chi connectivity index (χ3n) is 3.77. The normalized spacial score (nSPS) is 10.4. The number of carbonyl (C=O) groups excluding carboxylic acids is 1. The second-order valence-electron chi connectivity index (χ2n) is 5.79. The first kappa shape index (κ1) is 18.5. The van der Waals surface area contributed by atoms with Crippen LogP contribution in [0.15, 0.2) is 53.9 Å². The van der Waals surface area contributed by atoms with Crippen LogP contribution in [0.3, 0.4) is 0 Å². The predicted octanol–water partition coefficient (Wildman–Crippen LogP) is 4.12. The number of nitro benzene ring substituents is 1. The van der Waals surface area contributed by atoms with Crippen molar-refractivity contribution >= 4 is 28.6 Å². The minimum absolute atomic E-state index is 0.0921. The molecule has 0 atom stereocenters. The molecule has 0 saturated carbocycles. The van der Waals surface area contributed by atoms with E-state index in [9.17, 15) is 14.9 Å². The Balaban J connectivity index is 1.58. The maximum Gasteiger partial charge on any atom is 0.310 e. The molecular weight excluding hydrogens is 366 g/mol. The number of nitrogens with zero attached hydrogens (tertiary/aromatic N) is 2. The van der Waals surface area contributed by atoms with Gasteiger partial charge in [0, 0.05) is 17.1 Å². The highest BCUT2D eigenvalue weighted by molar-refractivity contribution is 7.09. The maximum atomic E-state index is 12.2. The van der Waals surface area contributed by atoms with Crippen LogP contribution in [0.25, 0.3) is 0 Å². The molecular formula is C19H17N3O4S. The van der Waals surface area contributed by atoms with E-state index in [1.54, 1.807) is 23.6 Å². The fourth-order valence-corrected chi connectivity index (χ4v) is 3.20. The first-order chi connectivity index (χ1) is 13.0. The van der Waals surface area contributed by atoms with Crippen LogP contribution in [0.5, 0.6) is 5.75 Å². The zero-order valence-electron chi connectivity index (χ0n) is 14.5. The molecule has 0 fully saturated rings. The summed E-state index contributed by atoms with van der Waals surface area (Å²) in [7, 11) is 0. The van der Waals surface area contributed by atoms with Crippen LogP contribution < -0.4 is 10.1 Å². The Hall–Kier alpha value is -3.26. The fourth-order valence-electron chi connectivity index (χ4n) is 2.42. The average molecular weight is 383 g/mol. The van der Waals surface area contributed by atoms with E-state index in [2.05, 4.69) is 10.3 Å². The molecule has 1 aromatic heterocycles. The Bertz CT molecular complexity index is 971. The molecule has 0 saturated heterocycles. The molecule has 0 radical (unpaired) electrons. The van der Waals surface area contributed by atoms with Crippen LogP contribution in [-0.2, 0) is 17.8 Å². The van der Waals surface area contributed by atoms with E-state index in [0.717, 1.165) is 11.3 Å². The van der Waals surface area contributed by atoms with Gasteiger partial charge in [-0.1, -0.05) is 30.3 Å². The Labute approximate surface area is 159 Å². The van der Waals surface area contributed by atoms with Crippen LogP contribution in [-0.4, -0.2) is 15.8 Å². The molecule has 1 amide bonds. The zero-order chi connectivity index (χ0) is 19.2. The molecule has 0 aliphatic rings. The number of hydrogen-bond donors (Lipinski definition) is 1. The summed E-state index contributed by atoms with van der Waals surface area (Å²) in [5.74, 6) is 0.0409. The van der Waals surface area contributed by atoms with Gasteiger partial charge in [0.25, 0.3) is 0 Å². The number of hydrogen-bond acceptors (Lipinski definition) is 6. The second-order valence-corrected chi connectivity index (χ2v) is 6.73. The van der Waals surface area contributed by atoms with Crippen molar-refractivity contribution in [1.82, 2.24) is 4.98 Å². The van der Waals surface area contributed by atoms with E-state index in [0.29, 0.717) is 10.7 Å². The zero-order valence-corrected chi connectivity index (χ0v) is 15.4. The minimum atomic E-state index is -0.488. The maximum absolute atomic E-state index is 12.2. The van der Waals surface area contributed by atoms with Crippen LogP contribution in [0, 0.1) is 17.0 Å². The molecule has 0 unspecified atom stereocenters. The van der Waals surface area contributed by atoms with Gasteiger partial charge in [-0.25, -0.2) is 4.98 Å². The molecule has 3 rings (SSSR count). The Morgan fingerprint density at radius 2 is 1.96 bits per heavy atom. The molecule has 0 aliphatic carbocycles.